The molecular weight excluding hydrogens is 290 g/mol. The molecule has 0 spiro atoms. The number of aliphatic hydroxyl groups is 1. The summed E-state index contributed by atoms with van der Waals surface area (Å²) in [7, 11) is 0. The van der Waals surface area contributed by atoms with E-state index in [0.29, 0.717) is 27.1 Å². The molecular formula is C14H19N3O3S. The van der Waals surface area contributed by atoms with Crippen molar-refractivity contribution in [3.63, 3.8) is 0 Å². The van der Waals surface area contributed by atoms with Gasteiger partial charge in [0, 0.05) is 6.54 Å². The maximum absolute atomic E-state index is 12.2. The van der Waals surface area contributed by atoms with Crippen LogP contribution in [-0.4, -0.2) is 33.1 Å². The number of thiophene rings is 1. The van der Waals surface area contributed by atoms with Crippen LogP contribution in [0.5, 0.6) is 0 Å². The first kappa shape index (κ1) is 15.7. The second kappa shape index (κ2) is 5.95. The Labute approximate surface area is 126 Å². The predicted octanol–water partition coefficient (Wildman–Crippen LogP) is 1.57. The molecule has 2 aromatic rings. The van der Waals surface area contributed by atoms with Gasteiger partial charge < -0.3 is 15.4 Å². The normalized spacial score (nSPS) is 14.1. The lowest BCUT2D eigenvalue weighted by atomic mass is 10.0. The van der Waals surface area contributed by atoms with Gasteiger partial charge in [0.05, 0.1) is 22.2 Å². The van der Waals surface area contributed by atoms with Gasteiger partial charge in [0.15, 0.2) is 0 Å². The molecule has 0 radical (unpaired) electrons. The van der Waals surface area contributed by atoms with Gasteiger partial charge in [-0.05, 0) is 25.8 Å². The van der Waals surface area contributed by atoms with E-state index in [1.165, 1.54) is 17.7 Å². The SMILES string of the molecule is CCCC(C)(O)CNC(=O)c1sc2nc[nH]c(=O)c2c1C. The molecule has 0 aliphatic carbocycles. The number of amides is 1. The fourth-order valence-corrected chi connectivity index (χ4v) is 3.34. The summed E-state index contributed by atoms with van der Waals surface area (Å²) < 4.78 is 0. The number of fused-ring (bicyclic) bond motifs is 1. The number of carbonyl (C=O) groups is 1. The molecule has 7 heteroatoms. The summed E-state index contributed by atoms with van der Waals surface area (Å²) in [6.45, 7) is 5.58. The van der Waals surface area contributed by atoms with Crippen LogP contribution in [0.3, 0.4) is 0 Å². The molecule has 2 aromatic heterocycles. The summed E-state index contributed by atoms with van der Waals surface area (Å²) in [6, 6.07) is 0. The topological polar surface area (TPSA) is 95.1 Å². The minimum atomic E-state index is -0.926. The van der Waals surface area contributed by atoms with E-state index in [4.69, 9.17) is 0 Å². The zero-order valence-corrected chi connectivity index (χ0v) is 13.1. The molecule has 114 valence electrons. The van der Waals surface area contributed by atoms with Gasteiger partial charge in [-0.25, -0.2) is 4.98 Å². The first-order valence-corrected chi connectivity index (χ1v) is 7.64. The van der Waals surface area contributed by atoms with Crippen LogP contribution < -0.4 is 10.9 Å². The van der Waals surface area contributed by atoms with E-state index < -0.39 is 5.60 Å². The molecule has 0 fully saturated rings. The predicted molar refractivity (Wildman–Crippen MR) is 82.8 cm³/mol. The van der Waals surface area contributed by atoms with E-state index in [1.54, 1.807) is 13.8 Å². The number of aromatic amines is 1. The molecule has 3 N–H and O–H groups in total. The lowest BCUT2D eigenvalue weighted by Crippen LogP contribution is -2.40. The van der Waals surface area contributed by atoms with Gasteiger partial charge >= 0.3 is 0 Å². The monoisotopic (exact) mass is 309 g/mol. The summed E-state index contributed by atoms with van der Waals surface area (Å²) >= 11 is 1.19. The Morgan fingerprint density at radius 3 is 2.90 bits per heavy atom. The molecule has 2 rings (SSSR count). The third kappa shape index (κ3) is 3.30. The number of hydrogen-bond donors (Lipinski definition) is 3. The first-order valence-electron chi connectivity index (χ1n) is 6.83. The van der Waals surface area contributed by atoms with Gasteiger partial charge in [-0.1, -0.05) is 13.3 Å². The van der Waals surface area contributed by atoms with Gasteiger partial charge in [-0.15, -0.1) is 11.3 Å². The number of nitrogens with zero attached hydrogens (tertiary/aromatic N) is 1. The van der Waals surface area contributed by atoms with Crippen molar-refractivity contribution in [1.29, 1.82) is 0 Å². The fourth-order valence-electron chi connectivity index (χ4n) is 2.27. The van der Waals surface area contributed by atoms with Crippen LogP contribution in [0.25, 0.3) is 10.2 Å². The maximum Gasteiger partial charge on any atom is 0.261 e. The quantitative estimate of drug-likeness (QED) is 0.781. The Morgan fingerprint density at radius 2 is 2.29 bits per heavy atom. The average molecular weight is 309 g/mol. The second-order valence-corrected chi connectivity index (χ2v) is 6.40. The van der Waals surface area contributed by atoms with Crippen LogP contribution >= 0.6 is 11.3 Å². The minimum Gasteiger partial charge on any atom is -0.388 e. The Hall–Kier alpha value is -1.73. The van der Waals surface area contributed by atoms with E-state index in [2.05, 4.69) is 15.3 Å². The minimum absolute atomic E-state index is 0.178. The van der Waals surface area contributed by atoms with Crippen molar-refractivity contribution in [2.75, 3.05) is 6.54 Å². The van der Waals surface area contributed by atoms with Crippen molar-refractivity contribution in [3.05, 3.63) is 27.1 Å². The smallest absolute Gasteiger partial charge is 0.261 e. The van der Waals surface area contributed by atoms with Crippen LogP contribution in [0.1, 0.15) is 41.9 Å². The van der Waals surface area contributed by atoms with E-state index in [1.807, 2.05) is 6.92 Å². The summed E-state index contributed by atoms with van der Waals surface area (Å²) in [4.78, 5) is 31.6. The number of nitrogens with one attached hydrogen (secondary N) is 2. The summed E-state index contributed by atoms with van der Waals surface area (Å²) in [5.74, 6) is -0.286. The van der Waals surface area contributed by atoms with Crippen molar-refractivity contribution in [1.82, 2.24) is 15.3 Å². The molecule has 0 bridgehead atoms. The molecule has 1 unspecified atom stereocenters. The van der Waals surface area contributed by atoms with E-state index in [9.17, 15) is 14.7 Å². The number of rotatable bonds is 5. The van der Waals surface area contributed by atoms with Crippen LogP contribution in [0.2, 0.25) is 0 Å². The van der Waals surface area contributed by atoms with Crippen LogP contribution in [0, 0.1) is 6.92 Å². The number of H-pyrrole nitrogens is 1. The van der Waals surface area contributed by atoms with Gasteiger partial charge in [0.2, 0.25) is 0 Å². The number of aromatic nitrogens is 2. The van der Waals surface area contributed by atoms with Gasteiger partial charge in [0.25, 0.3) is 11.5 Å². The van der Waals surface area contributed by atoms with Crippen LogP contribution in [0.4, 0.5) is 0 Å². The van der Waals surface area contributed by atoms with Crippen molar-refractivity contribution in [3.8, 4) is 0 Å². The van der Waals surface area contributed by atoms with Crippen LogP contribution in [0.15, 0.2) is 11.1 Å². The van der Waals surface area contributed by atoms with Crippen molar-refractivity contribution in [2.45, 2.75) is 39.2 Å². The Balaban J connectivity index is 2.23. The second-order valence-electron chi connectivity index (χ2n) is 5.40. The van der Waals surface area contributed by atoms with Gasteiger partial charge in [-0.2, -0.15) is 0 Å². The highest BCUT2D eigenvalue weighted by molar-refractivity contribution is 7.20. The molecule has 0 saturated carbocycles. The molecule has 0 aliphatic rings. The molecule has 1 amide bonds. The third-order valence-electron chi connectivity index (χ3n) is 3.36. The van der Waals surface area contributed by atoms with Crippen molar-refractivity contribution in [2.24, 2.45) is 0 Å². The molecule has 0 saturated heterocycles. The van der Waals surface area contributed by atoms with E-state index in [-0.39, 0.29) is 18.0 Å². The number of carbonyl (C=O) groups excluding carboxylic acids is 1. The fraction of sp³-hybridized carbons (Fsp3) is 0.500. The summed E-state index contributed by atoms with van der Waals surface area (Å²) in [6.07, 6.45) is 2.78. The molecule has 0 aromatic carbocycles. The van der Waals surface area contributed by atoms with Crippen molar-refractivity contribution >= 4 is 27.5 Å². The molecule has 1 atom stereocenters. The summed E-state index contributed by atoms with van der Waals surface area (Å²) in [5.41, 5.74) is -0.548. The molecule has 6 nitrogen and oxygen atoms in total. The molecule has 21 heavy (non-hydrogen) atoms. The molecule has 0 aliphatic heterocycles. The highest BCUT2D eigenvalue weighted by Crippen LogP contribution is 2.26. The lowest BCUT2D eigenvalue weighted by molar-refractivity contribution is 0.0470. The maximum atomic E-state index is 12.2. The van der Waals surface area contributed by atoms with E-state index in [0.717, 1.165) is 6.42 Å². The third-order valence-corrected chi connectivity index (χ3v) is 4.56. The highest BCUT2D eigenvalue weighted by atomic mass is 32.1. The zero-order chi connectivity index (χ0) is 15.6. The first-order chi connectivity index (χ1) is 9.85. The van der Waals surface area contributed by atoms with Gasteiger partial charge in [-0.3, -0.25) is 9.59 Å². The molecule has 2 heterocycles. The van der Waals surface area contributed by atoms with E-state index >= 15 is 0 Å². The average Bonchev–Trinajstić information content (AvgIpc) is 2.75. The van der Waals surface area contributed by atoms with Gasteiger partial charge in [0.1, 0.15) is 4.83 Å². The zero-order valence-electron chi connectivity index (χ0n) is 12.3. The highest BCUT2D eigenvalue weighted by Gasteiger charge is 2.23. The standard InChI is InChI=1S/C14H19N3O3S/c1-4-5-14(3,20)6-15-12(19)10-8(2)9-11(18)16-7-17-13(9)21-10/h7,20H,4-6H2,1-3H3,(H,15,19)(H,16,17,18). The Kier molecular flexibility index (Phi) is 4.43. The number of hydrogen-bond acceptors (Lipinski definition) is 5. The lowest BCUT2D eigenvalue weighted by Gasteiger charge is -2.22. The Bertz CT molecular complexity index is 718. The summed E-state index contributed by atoms with van der Waals surface area (Å²) in [5, 5.41) is 13.3. The van der Waals surface area contributed by atoms with Crippen molar-refractivity contribution < 1.29 is 9.90 Å². The Morgan fingerprint density at radius 1 is 1.57 bits per heavy atom. The largest absolute Gasteiger partial charge is 0.388 e. The van der Waals surface area contributed by atoms with Crippen LogP contribution in [-0.2, 0) is 0 Å². The number of aryl methyl sites for hydroxylation is 1.